The van der Waals surface area contributed by atoms with Gasteiger partial charge in [0, 0.05) is 29.5 Å². The third kappa shape index (κ3) is 4.49. The number of nitrogens with zero attached hydrogens (tertiary/aromatic N) is 4. The molecule has 1 aromatic carbocycles. The van der Waals surface area contributed by atoms with Crippen LogP contribution >= 0.6 is 11.5 Å². The first kappa shape index (κ1) is 21.1. The van der Waals surface area contributed by atoms with Gasteiger partial charge >= 0.3 is 0 Å². The minimum absolute atomic E-state index is 0.133. The molecule has 1 saturated carbocycles. The van der Waals surface area contributed by atoms with Gasteiger partial charge in [-0.1, -0.05) is 29.5 Å². The Bertz CT molecular complexity index is 1050. The number of hydrogen-bond donors (Lipinski definition) is 1. The number of nitrogens with one attached hydrogen (secondary N) is 1. The van der Waals surface area contributed by atoms with Gasteiger partial charge in [0.25, 0.3) is 5.91 Å². The van der Waals surface area contributed by atoms with Gasteiger partial charge in [-0.05, 0) is 73.1 Å². The first-order valence-corrected chi connectivity index (χ1v) is 11.3. The van der Waals surface area contributed by atoms with Gasteiger partial charge in [0.15, 0.2) is 5.69 Å². The molecule has 2 aromatic heterocycles. The molecule has 8 heteroatoms. The molecule has 0 aliphatic heterocycles. The zero-order chi connectivity index (χ0) is 21.8. The van der Waals surface area contributed by atoms with Crippen molar-refractivity contribution in [2.75, 3.05) is 4.90 Å². The lowest BCUT2D eigenvalue weighted by Crippen LogP contribution is -2.46. The predicted molar refractivity (Wildman–Crippen MR) is 120 cm³/mol. The summed E-state index contributed by atoms with van der Waals surface area (Å²) in [6, 6.07) is 8.61. The lowest BCUT2D eigenvalue weighted by atomic mass is 10.0. The van der Waals surface area contributed by atoms with Gasteiger partial charge in [0.05, 0.1) is 0 Å². The molecule has 1 fully saturated rings. The predicted octanol–water partition coefficient (Wildman–Crippen LogP) is 4.00. The number of hydrogen-bond acceptors (Lipinski definition) is 6. The second-order valence-corrected chi connectivity index (χ2v) is 8.47. The minimum Gasteiger partial charge on any atom is -0.351 e. The van der Waals surface area contributed by atoms with Crippen molar-refractivity contribution in [3.8, 4) is 0 Å². The van der Waals surface area contributed by atoms with Gasteiger partial charge in [-0.3, -0.25) is 19.5 Å². The maximum absolute atomic E-state index is 13.7. The summed E-state index contributed by atoms with van der Waals surface area (Å²) in [6.45, 7) is 3.95. The number of aryl methyl sites for hydroxylation is 1. The van der Waals surface area contributed by atoms with Crippen molar-refractivity contribution in [1.82, 2.24) is 19.9 Å². The molecule has 1 aliphatic carbocycles. The van der Waals surface area contributed by atoms with Crippen LogP contribution in [-0.2, 0) is 4.79 Å². The lowest BCUT2D eigenvalue weighted by molar-refractivity contribution is -0.123. The largest absolute Gasteiger partial charge is 0.351 e. The maximum atomic E-state index is 13.7. The number of carbonyl (C=O) groups excluding carboxylic acids is 2. The fourth-order valence-corrected chi connectivity index (χ4v) is 4.49. The van der Waals surface area contributed by atoms with Gasteiger partial charge in [0.1, 0.15) is 6.04 Å². The smallest absolute Gasteiger partial charge is 0.280 e. The average Bonchev–Trinajstić information content (AvgIpc) is 3.49. The van der Waals surface area contributed by atoms with Crippen LogP contribution in [-0.4, -0.2) is 32.4 Å². The van der Waals surface area contributed by atoms with E-state index < -0.39 is 6.04 Å². The standard InChI is InChI=1S/C23H25N5O2S/c1-15-6-5-9-20(16(15)2)28(23(30)19-14-31-27-26-19)21(17-10-12-24-13-11-17)22(29)25-18-7-3-4-8-18/h5-6,9-14,18,21H,3-4,7-8H2,1-2H3,(H,25,29). The van der Waals surface area contributed by atoms with Gasteiger partial charge in [-0.15, -0.1) is 5.10 Å². The molecule has 160 valence electrons. The molecule has 4 rings (SSSR count). The number of rotatable bonds is 6. The summed E-state index contributed by atoms with van der Waals surface area (Å²) in [4.78, 5) is 32.9. The first-order chi connectivity index (χ1) is 15.1. The number of anilines is 1. The van der Waals surface area contributed by atoms with Gasteiger partial charge in [-0.2, -0.15) is 0 Å². The van der Waals surface area contributed by atoms with Gasteiger partial charge < -0.3 is 5.32 Å². The quantitative estimate of drug-likeness (QED) is 0.632. The van der Waals surface area contributed by atoms with E-state index in [2.05, 4.69) is 19.9 Å². The Balaban J connectivity index is 1.83. The topological polar surface area (TPSA) is 88.1 Å². The van der Waals surface area contributed by atoms with Crippen molar-refractivity contribution in [2.24, 2.45) is 0 Å². The molecule has 0 saturated heterocycles. The zero-order valence-electron chi connectivity index (χ0n) is 17.6. The van der Waals surface area contributed by atoms with Crippen molar-refractivity contribution in [2.45, 2.75) is 51.6 Å². The van der Waals surface area contributed by atoms with Crippen molar-refractivity contribution < 1.29 is 9.59 Å². The molecule has 1 atom stereocenters. The normalized spacial score (nSPS) is 14.9. The van der Waals surface area contributed by atoms with Crippen LogP contribution in [0.25, 0.3) is 0 Å². The van der Waals surface area contributed by atoms with Crippen molar-refractivity contribution >= 4 is 29.0 Å². The summed E-state index contributed by atoms with van der Waals surface area (Å²) in [5, 5.41) is 8.77. The van der Waals surface area contributed by atoms with Gasteiger partial charge in [0.2, 0.25) is 5.91 Å². The first-order valence-electron chi connectivity index (χ1n) is 10.4. The third-order valence-corrected chi connectivity index (χ3v) is 6.37. The molecular weight excluding hydrogens is 410 g/mol. The monoisotopic (exact) mass is 435 g/mol. The number of carbonyl (C=O) groups is 2. The number of benzene rings is 1. The van der Waals surface area contributed by atoms with E-state index in [4.69, 9.17) is 0 Å². The fraction of sp³-hybridized carbons (Fsp3) is 0.348. The van der Waals surface area contributed by atoms with E-state index in [9.17, 15) is 9.59 Å². The Morgan fingerprint density at radius 1 is 1.13 bits per heavy atom. The summed E-state index contributed by atoms with van der Waals surface area (Å²) in [7, 11) is 0. The number of pyridine rings is 1. The van der Waals surface area contributed by atoms with Crippen LogP contribution in [0.4, 0.5) is 5.69 Å². The highest BCUT2D eigenvalue weighted by Crippen LogP contribution is 2.33. The Morgan fingerprint density at radius 2 is 1.87 bits per heavy atom. The van der Waals surface area contributed by atoms with E-state index in [1.165, 1.54) is 0 Å². The second-order valence-electron chi connectivity index (χ2n) is 7.86. The summed E-state index contributed by atoms with van der Waals surface area (Å²) in [6.07, 6.45) is 7.41. The number of aromatic nitrogens is 3. The van der Waals surface area contributed by atoms with E-state index in [-0.39, 0.29) is 23.6 Å². The van der Waals surface area contributed by atoms with E-state index in [1.54, 1.807) is 34.8 Å². The molecule has 7 nitrogen and oxygen atoms in total. The van der Waals surface area contributed by atoms with Crippen LogP contribution in [0, 0.1) is 13.8 Å². The summed E-state index contributed by atoms with van der Waals surface area (Å²) in [5.41, 5.74) is 3.58. The molecule has 0 spiro atoms. The van der Waals surface area contributed by atoms with Crippen molar-refractivity contribution in [3.05, 3.63) is 70.5 Å². The van der Waals surface area contributed by atoms with E-state index in [0.717, 1.165) is 48.3 Å². The Hall–Kier alpha value is -3.13. The summed E-state index contributed by atoms with van der Waals surface area (Å²) in [5.74, 6) is -0.554. The van der Waals surface area contributed by atoms with Crippen LogP contribution in [0.1, 0.15) is 58.9 Å². The fourth-order valence-electron chi connectivity index (χ4n) is 4.06. The minimum atomic E-state index is -0.849. The highest BCUT2D eigenvalue weighted by atomic mass is 32.1. The number of amides is 2. The lowest BCUT2D eigenvalue weighted by Gasteiger charge is -2.33. The van der Waals surface area contributed by atoms with Crippen LogP contribution in [0.2, 0.25) is 0 Å². The Labute approximate surface area is 185 Å². The Kier molecular flexibility index (Phi) is 6.36. The van der Waals surface area contributed by atoms with E-state index >= 15 is 0 Å². The highest BCUT2D eigenvalue weighted by molar-refractivity contribution is 7.03. The SMILES string of the molecule is Cc1cccc(N(C(=O)c2csnn2)C(C(=O)NC2CCCC2)c2ccncc2)c1C. The highest BCUT2D eigenvalue weighted by Gasteiger charge is 2.36. The second kappa shape index (κ2) is 9.34. The van der Waals surface area contributed by atoms with Crippen molar-refractivity contribution in [1.29, 1.82) is 0 Å². The Morgan fingerprint density at radius 3 is 2.55 bits per heavy atom. The van der Waals surface area contributed by atoms with E-state index in [0.29, 0.717) is 11.3 Å². The molecule has 0 bridgehead atoms. The molecule has 2 amide bonds. The zero-order valence-corrected chi connectivity index (χ0v) is 18.4. The van der Waals surface area contributed by atoms with Crippen LogP contribution in [0.5, 0.6) is 0 Å². The van der Waals surface area contributed by atoms with Crippen LogP contribution in [0.3, 0.4) is 0 Å². The van der Waals surface area contributed by atoms with Crippen LogP contribution < -0.4 is 10.2 Å². The molecule has 0 radical (unpaired) electrons. The summed E-state index contributed by atoms with van der Waals surface area (Å²) < 4.78 is 3.85. The van der Waals surface area contributed by atoms with Crippen molar-refractivity contribution in [3.63, 3.8) is 0 Å². The molecule has 3 aromatic rings. The maximum Gasteiger partial charge on any atom is 0.280 e. The summed E-state index contributed by atoms with van der Waals surface area (Å²) >= 11 is 1.11. The molecule has 2 heterocycles. The van der Waals surface area contributed by atoms with Gasteiger partial charge in [-0.25, -0.2) is 0 Å². The van der Waals surface area contributed by atoms with Crippen LogP contribution in [0.15, 0.2) is 48.1 Å². The molecule has 1 N–H and O–H groups in total. The average molecular weight is 436 g/mol. The molecule has 31 heavy (non-hydrogen) atoms. The molecule has 1 unspecified atom stereocenters. The third-order valence-electron chi connectivity index (χ3n) is 5.86. The molecular formula is C23H25N5O2S. The molecule has 1 aliphatic rings. The van der Waals surface area contributed by atoms with E-state index in [1.807, 2.05) is 32.0 Å².